The second kappa shape index (κ2) is 4.10. The lowest BCUT2D eigenvalue weighted by Gasteiger charge is -2.01. The Bertz CT molecular complexity index is 470. The van der Waals surface area contributed by atoms with Gasteiger partial charge in [0.05, 0.1) is 11.8 Å². The van der Waals surface area contributed by atoms with E-state index in [2.05, 4.69) is 15.3 Å². The maximum Gasteiger partial charge on any atom is 0.260 e. The van der Waals surface area contributed by atoms with E-state index in [1.807, 2.05) is 0 Å². The van der Waals surface area contributed by atoms with Crippen molar-refractivity contribution < 1.29 is 9.21 Å². The maximum atomic E-state index is 11.5. The zero-order valence-electron chi connectivity index (χ0n) is 7.48. The molecule has 76 valence electrons. The third kappa shape index (κ3) is 2.32. The van der Waals surface area contributed by atoms with Gasteiger partial charge in [0.1, 0.15) is 12.1 Å². The number of carbonyl (C=O) groups is 1. The second-order valence-corrected chi connectivity index (χ2v) is 3.02. The van der Waals surface area contributed by atoms with E-state index in [9.17, 15) is 4.79 Å². The molecule has 0 unspecified atom stereocenters. The lowest BCUT2D eigenvalue weighted by atomic mass is 10.3. The molecule has 0 bridgehead atoms. The van der Waals surface area contributed by atoms with Gasteiger partial charge in [-0.1, -0.05) is 0 Å². The first-order chi connectivity index (χ1) is 7.25. The van der Waals surface area contributed by atoms with Crippen molar-refractivity contribution >= 4 is 23.3 Å². The lowest BCUT2D eigenvalue weighted by molar-refractivity contribution is 0.102. The first-order valence-electron chi connectivity index (χ1n) is 4.08. The summed E-state index contributed by atoms with van der Waals surface area (Å²) < 4.78 is 4.78. The maximum absolute atomic E-state index is 11.5. The van der Waals surface area contributed by atoms with Crippen molar-refractivity contribution in [2.24, 2.45) is 0 Å². The van der Waals surface area contributed by atoms with E-state index in [0.717, 1.165) is 0 Å². The van der Waals surface area contributed by atoms with Crippen LogP contribution in [0.4, 0.5) is 5.82 Å². The van der Waals surface area contributed by atoms with Gasteiger partial charge in [0.25, 0.3) is 5.91 Å². The van der Waals surface area contributed by atoms with Gasteiger partial charge in [0, 0.05) is 6.20 Å². The topological polar surface area (TPSA) is 68.0 Å². The second-order valence-electron chi connectivity index (χ2n) is 2.68. The molecular weight excluding hydrogens is 218 g/mol. The Morgan fingerprint density at radius 2 is 2.33 bits per heavy atom. The van der Waals surface area contributed by atoms with Crippen molar-refractivity contribution in [3.05, 3.63) is 41.7 Å². The molecule has 0 radical (unpaired) electrons. The molecule has 0 aliphatic heterocycles. The fraction of sp³-hybridized carbons (Fsp3) is 0. The van der Waals surface area contributed by atoms with Crippen molar-refractivity contribution in [2.75, 3.05) is 5.32 Å². The Hall–Kier alpha value is -1.88. The van der Waals surface area contributed by atoms with E-state index in [4.69, 9.17) is 16.0 Å². The van der Waals surface area contributed by atoms with Gasteiger partial charge < -0.3 is 9.73 Å². The van der Waals surface area contributed by atoms with Crippen molar-refractivity contribution in [2.45, 2.75) is 0 Å². The molecule has 1 N–H and O–H groups in total. The van der Waals surface area contributed by atoms with Gasteiger partial charge >= 0.3 is 0 Å². The summed E-state index contributed by atoms with van der Waals surface area (Å²) in [7, 11) is 0. The largest absolute Gasteiger partial charge is 0.472 e. The molecular formula is C9H6ClN3O2. The van der Waals surface area contributed by atoms with Crippen LogP contribution in [0.25, 0.3) is 0 Å². The highest BCUT2D eigenvalue weighted by molar-refractivity contribution is 6.28. The first-order valence-corrected chi connectivity index (χ1v) is 4.45. The minimum absolute atomic E-state index is 0.0833. The standard InChI is InChI=1S/C9H6ClN3O2/c10-9-11-3-1-7(13-9)12-8(14)6-2-4-15-5-6/h1-5H,(H,11,12,13,14). The van der Waals surface area contributed by atoms with Gasteiger partial charge in [0.15, 0.2) is 0 Å². The highest BCUT2D eigenvalue weighted by Gasteiger charge is 2.07. The van der Waals surface area contributed by atoms with E-state index in [-0.39, 0.29) is 11.2 Å². The van der Waals surface area contributed by atoms with Crippen molar-refractivity contribution in [3.8, 4) is 0 Å². The number of nitrogens with one attached hydrogen (secondary N) is 1. The minimum atomic E-state index is -0.307. The molecule has 0 saturated heterocycles. The smallest absolute Gasteiger partial charge is 0.260 e. The van der Waals surface area contributed by atoms with Gasteiger partial charge in [-0.05, 0) is 23.7 Å². The number of amides is 1. The summed E-state index contributed by atoms with van der Waals surface area (Å²) in [6, 6.07) is 3.10. The van der Waals surface area contributed by atoms with Crippen LogP contribution in [0.3, 0.4) is 0 Å². The van der Waals surface area contributed by atoms with Gasteiger partial charge in [-0.3, -0.25) is 4.79 Å². The Kier molecular flexibility index (Phi) is 2.64. The molecule has 2 rings (SSSR count). The van der Waals surface area contributed by atoms with Gasteiger partial charge in [-0.25, -0.2) is 9.97 Å². The number of furan rings is 1. The van der Waals surface area contributed by atoms with Gasteiger partial charge in [-0.2, -0.15) is 0 Å². The molecule has 2 aromatic rings. The summed E-state index contributed by atoms with van der Waals surface area (Å²) in [5, 5.41) is 2.63. The third-order valence-electron chi connectivity index (χ3n) is 1.65. The normalized spacial score (nSPS) is 9.93. The van der Waals surface area contributed by atoms with E-state index in [1.54, 1.807) is 12.1 Å². The van der Waals surface area contributed by atoms with Crippen molar-refractivity contribution in [1.82, 2.24) is 9.97 Å². The van der Waals surface area contributed by atoms with Crippen LogP contribution in [0.2, 0.25) is 5.28 Å². The zero-order chi connectivity index (χ0) is 10.7. The van der Waals surface area contributed by atoms with E-state index in [1.165, 1.54) is 18.7 Å². The van der Waals surface area contributed by atoms with Crippen LogP contribution in [-0.2, 0) is 0 Å². The average molecular weight is 224 g/mol. The van der Waals surface area contributed by atoms with Crippen LogP contribution in [0, 0.1) is 0 Å². The molecule has 0 aromatic carbocycles. The summed E-state index contributed by atoms with van der Waals surface area (Å²) in [6.45, 7) is 0. The number of aromatic nitrogens is 2. The summed E-state index contributed by atoms with van der Waals surface area (Å²) in [5.41, 5.74) is 0.421. The number of halogens is 1. The average Bonchev–Trinajstić information content (AvgIpc) is 2.70. The number of rotatable bonds is 2. The SMILES string of the molecule is O=C(Nc1ccnc(Cl)n1)c1ccoc1. The third-order valence-corrected chi connectivity index (χ3v) is 1.83. The van der Waals surface area contributed by atoms with Gasteiger partial charge in [0.2, 0.25) is 5.28 Å². The Morgan fingerprint density at radius 3 is 3.00 bits per heavy atom. The lowest BCUT2D eigenvalue weighted by Crippen LogP contribution is -2.12. The van der Waals surface area contributed by atoms with Crippen LogP contribution < -0.4 is 5.32 Å². The Balaban J connectivity index is 2.13. The number of anilines is 1. The predicted molar refractivity (Wildman–Crippen MR) is 53.7 cm³/mol. The molecule has 0 spiro atoms. The molecule has 0 aliphatic carbocycles. The Labute approximate surface area is 90.1 Å². The van der Waals surface area contributed by atoms with Crippen molar-refractivity contribution in [3.63, 3.8) is 0 Å². The van der Waals surface area contributed by atoms with E-state index in [0.29, 0.717) is 11.4 Å². The molecule has 0 saturated carbocycles. The van der Waals surface area contributed by atoms with E-state index >= 15 is 0 Å². The van der Waals surface area contributed by atoms with Crippen LogP contribution in [0.5, 0.6) is 0 Å². The molecule has 15 heavy (non-hydrogen) atoms. The summed E-state index contributed by atoms with van der Waals surface area (Å²) in [4.78, 5) is 19.0. The number of hydrogen-bond donors (Lipinski definition) is 1. The van der Waals surface area contributed by atoms with E-state index < -0.39 is 0 Å². The fourth-order valence-corrected chi connectivity index (χ4v) is 1.13. The molecule has 0 aliphatic rings. The highest BCUT2D eigenvalue weighted by Crippen LogP contribution is 2.08. The summed E-state index contributed by atoms with van der Waals surface area (Å²) in [5.74, 6) is 0.0414. The molecule has 6 heteroatoms. The van der Waals surface area contributed by atoms with Crippen LogP contribution >= 0.6 is 11.6 Å². The molecule has 2 heterocycles. The minimum Gasteiger partial charge on any atom is -0.472 e. The zero-order valence-corrected chi connectivity index (χ0v) is 8.23. The molecule has 0 fully saturated rings. The predicted octanol–water partition coefficient (Wildman–Crippen LogP) is 1.98. The van der Waals surface area contributed by atoms with Crippen LogP contribution in [-0.4, -0.2) is 15.9 Å². The van der Waals surface area contributed by atoms with Crippen LogP contribution in [0.15, 0.2) is 35.3 Å². The quantitative estimate of drug-likeness (QED) is 0.791. The number of hydrogen-bond acceptors (Lipinski definition) is 4. The summed E-state index contributed by atoms with van der Waals surface area (Å²) >= 11 is 5.56. The molecule has 5 nitrogen and oxygen atoms in total. The monoisotopic (exact) mass is 223 g/mol. The van der Waals surface area contributed by atoms with Crippen LogP contribution in [0.1, 0.15) is 10.4 Å². The fourth-order valence-electron chi connectivity index (χ4n) is 0.987. The highest BCUT2D eigenvalue weighted by atomic mass is 35.5. The molecule has 0 atom stereocenters. The number of nitrogens with zero attached hydrogens (tertiary/aromatic N) is 2. The van der Waals surface area contributed by atoms with Gasteiger partial charge in [-0.15, -0.1) is 0 Å². The van der Waals surface area contributed by atoms with Crippen molar-refractivity contribution in [1.29, 1.82) is 0 Å². The Morgan fingerprint density at radius 1 is 1.47 bits per heavy atom. The first kappa shape index (κ1) is 9.67. The number of carbonyl (C=O) groups excluding carboxylic acids is 1. The summed E-state index contributed by atoms with van der Waals surface area (Å²) in [6.07, 6.45) is 4.22. The molecule has 2 aromatic heterocycles. The molecule has 1 amide bonds.